The van der Waals surface area contributed by atoms with E-state index in [1.807, 2.05) is 24.8 Å². The summed E-state index contributed by atoms with van der Waals surface area (Å²) in [6.45, 7) is 4.01. The van der Waals surface area contributed by atoms with Crippen molar-refractivity contribution in [1.29, 1.82) is 0 Å². The van der Waals surface area contributed by atoms with Crippen molar-refractivity contribution >= 4 is 17.6 Å². The molecule has 4 nitrogen and oxygen atoms in total. The molecule has 1 rings (SSSR count). The van der Waals surface area contributed by atoms with Gasteiger partial charge in [0.05, 0.1) is 7.11 Å². The smallest absolute Gasteiger partial charge is 0.218 e. The number of thioether (sulfide) groups is 1. The molecule has 0 aliphatic rings. The molecule has 0 aliphatic heterocycles. The molecule has 16 heavy (non-hydrogen) atoms. The number of nitrogens with zero attached hydrogens (tertiary/aromatic N) is 2. The van der Waals surface area contributed by atoms with Crippen LogP contribution < -0.4 is 10.1 Å². The van der Waals surface area contributed by atoms with Gasteiger partial charge in [-0.05, 0) is 32.3 Å². The fraction of sp³-hybridized carbons (Fsp3) is 0.636. The number of hydrogen-bond acceptors (Lipinski definition) is 5. The third-order valence-electron chi connectivity index (χ3n) is 2.17. The predicted octanol–water partition coefficient (Wildman–Crippen LogP) is 2.35. The van der Waals surface area contributed by atoms with Gasteiger partial charge in [0.2, 0.25) is 5.88 Å². The van der Waals surface area contributed by atoms with E-state index in [1.165, 1.54) is 0 Å². The van der Waals surface area contributed by atoms with E-state index in [2.05, 4.69) is 28.5 Å². The van der Waals surface area contributed by atoms with E-state index in [9.17, 15) is 0 Å². The number of rotatable bonds is 6. The lowest BCUT2D eigenvalue weighted by atomic mass is 10.2. The minimum Gasteiger partial charge on any atom is -0.481 e. The van der Waals surface area contributed by atoms with Gasteiger partial charge in [-0.2, -0.15) is 16.7 Å². The summed E-state index contributed by atoms with van der Waals surface area (Å²) >= 11 is 1.85. The molecular formula is C11H19N3OS. The van der Waals surface area contributed by atoms with Crippen LogP contribution in [0.5, 0.6) is 5.88 Å². The van der Waals surface area contributed by atoms with E-state index < -0.39 is 0 Å². The Balaban J connectivity index is 2.61. The van der Waals surface area contributed by atoms with Crippen LogP contribution in [0.25, 0.3) is 0 Å². The molecule has 0 bridgehead atoms. The van der Waals surface area contributed by atoms with Gasteiger partial charge in [0.1, 0.15) is 11.6 Å². The van der Waals surface area contributed by atoms with E-state index in [0.717, 1.165) is 23.8 Å². The Morgan fingerprint density at radius 2 is 2.25 bits per heavy atom. The van der Waals surface area contributed by atoms with Gasteiger partial charge in [-0.25, -0.2) is 4.98 Å². The van der Waals surface area contributed by atoms with E-state index in [4.69, 9.17) is 4.74 Å². The van der Waals surface area contributed by atoms with Crippen molar-refractivity contribution in [2.75, 3.05) is 24.4 Å². The maximum absolute atomic E-state index is 5.10. The van der Waals surface area contributed by atoms with E-state index in [1.54, 1.807) is 7.11 Å². The van der Waals surface area contributed by atoms with Crippen LogP contribution >= 0.6 is 11.8 Å². The monoisotopic (exact) mass is 241 g/mol. The highest BCUT2D eigenvalue weighted by Gasteiger charge is 2.05. The van der Waals surface area contributed by atoms with E-state index >= 15 is 0 Å². The lowest BCUT2D eigenvalue weighted by Crippen LogP contribution is -2.17. The Morgan fingerprint density at radius 3 is 2.88 bits per heavy atom. The molecule has 0 saturated carbocycles. The molecule has 0 aliphatic carbocycles. The van der Waals surface area contributed by atoms with Crippen LogP contribution in [-0.2, 0) is 0 Å². The summed E-state index contributed by atoms with van der Waals surface area (Å²) in [6, 6.07) is 2.23. The zero-order valence-electron chi connectivity index (χ0n) is 10.3. The largest absolute Gasteiger partial charge is 0.481 e. The zero-order valence-corrected chi connectivity index (χ0v) is 11.1. The number of anilines is 1. The highest BCUT2D eigenvalue weighted by Crippen LogP contribution is 2.14. The summed E-state index contributed by atoms with van der Waals surface area (Å²) in [6.07, 6.45) is 3.23. The van der Waals surface area contributed by atoms with Gasteiger partial charge in [-0.3, -0.25) is 0 Å². The van der Waals surface area contributed by atoms with Crippen LogP contribution in [-0.4, -0.2) is 35.1 Å². The first-order valence-corrected chi connectivity index (χ1v) is 6.70. The average Bonchev–Trinajstić information content (AvgIpc) is 2.25. The van der Waals surface area contributed by atoms with Gasteiger partial charge in [-0.15, -0.1) is 0 Å². The lowest BCUT2D eigenvalue weighted by Gasteiger charge is -2.14. The first-order chi connectivity index (χ1) is 7.65. The fourth-order valence-corrected chi connectivity index (χ4v) is 1.93. The maximum Gasteiger partial charge on any atom is 0.218 e. The Morgan fingerprint density at radius 1 is 1.50 bits per heavy atom. The third kappa shape index (κ3) is 4.26. The van der Waals surface area contributed by atoms with E-state index in [-0.39, 0.29) is 0 Å². The second kappa shape index (κ2) is 6.58. The van der Waals surface area contributed by atoms with Crippen molar-refractivity contribution in [3.05, 3.63) is 11.9 Å². The average molecular weight is 241 g/mol. The molecule has 1 unspecified atom stereocenters. The summed E-state index contributed by atoms with van der Waals surface area (Å²) < 4.78 is 5.10. The molecule has 1 aromatic rings. The molecule has 1 aromatic heterocycles. The standard InChI is InChI=1S/C11H19N3OS/c1-8(5-6-16-4)12-10-7-11(15-3)14-9(2)13-10/h7-8H,5-6H2,1-4H3,(H,12,13,14). The molecule has 0 aromatic carbocycles. The molecule has 5 heteroatoms. The number of ether oxygens (including phenoxy) is 1. The molecule has 0 saturated heterocycles. The minimum atomic E-state index is 0.409. The second-order valence-corrected chi connectivity index (χ2v) is 4.66. The summed E-state index contributed by atoms with van der Waals surface area (Å²) in [7, 11) is 1.61. The Kier molecular flexibility index (Phi) is 5.38. The Bertz CT molecular complexity index is 333. The fourth-order valence-electron chi connectivity index (χ4n) is 1.34. The number of aromatic nitrogens is 2. The van der Waals surface area contributed by atoms with Gasteiger partial charge < -0.3 is 10.1 Å². The van der Waals surface area contributed by atoms with Crippen LogP contribution in [0.3, 0.4) is 0 Å². The van der Waals surface area contributed by atoms with Gasteiger partial charge in [0.25, 0.3) is 0 Å². The lowest BCUT2D eigenvalue weighted by molar-refractivity contribution is 0.396. The van der Waals surface area contributed by atoms with Crippen LogP contribution in [0.2, 0.25) is 0 Å². The molecule has 0 amide bonds. The SMILES string of the molecule is COc1cc(NC(C)CCSC)nc(C)n1. The Labute approximate surface area is 101 Å². The van der Waals surface area contributed by atoms with Crippen molar-refractivity contribution in [3.8, 4) is 5.88 Å². The van der Waals surface area contributed by atoms with Crippen molar-refractivity contribution < 1.29 is 4.74 Å². The van der Waals surface area contributed by atoms with E-state index in [0.29, 0.717) is 11.9 Å². The molecule has 0 radical (unpaired) electrons. The van der Waals surface area contributed by atoms with Gasteiger partial charge in [-0.1, -0.05) is 0 Å². The summed E-state index contributed by atoms with van der Waals surface area (Å²) in [5, 5.41) is 3.35. The zero-order chi connectivity index (χ0) is 12.0. The van der Waals surface area contributed by atoms with Gasteiger partial charge >= 0.3 is 0 Å². The quantitative estimate of drug-likeness (QED) is 0.828. The first-order valence-electron chi connectivity index (χ1n) is 5.31. The first kappa shape index (κ1) is 13.1. The molecule has 0 spiro atoms. The highest BCUT2D eigenvalue weighted by molar-refractivity contribution is 7.98. The Hall–Kier alpha value is -0.970. The molecular weight excluding hydrogens is 222 g/mol. The summed E-state index contributed by atoms with van der Waals surface area (Å²) in [4.78, 5) is 8.47. The molecule has 1 heterocycles. The topological polar surface area (TPSA) is 47.0 Å². The third-order valence-corrected chi connectivity index (χ3v) is 2.82. The van der Waals surface area contributed by atoms with Gasteiger partial charge in [0, 0.05) is 12.1 Å². The van der Waals surface area contributed by atoms with Crippen LogP contribution in [0, 0.1) is 6.92 Å². The predicted molar refractivity (Wildman–Crippen MR) is 69.4 cm³/mol. The van der Waals surface area contributed by atoms with Crippen molar-refractivity contribution in [2.45, 2.75) is 26.3 Å². The van der Waals surface area contributed by atoms with Gasteiger partial charge in [0.15, 0.2) is 0 Å². The number of nitrogens with one attached hydrogen (secondary N) is 1. The molecule has 1 atom stereocenters. The number of methoxy groups -OCH3 is 1. The van der Waals surface area contributed by atoms with Crippen LogP contribution in [0.15, 0.2) is 6.07 Å². The van der Waals surface area contributed by atoms with Crippen LogP contribution in [0.1, 0.15) is 19.2 Å². The molecule has 0 fully saturated rings. The number of aryl methyl sites for hydroxylation is 1. The molecule has 1 N–H and O–H groups in total. The van der Waals surface area contributed by atoms with Crippen LogP contribution in [0.4, 0.5) is 5.82 Å². The van der Waals surface area contributed by atoms with Crippen molar-refractivity contribution in [1.82, 2.24) is 9.97 Å². The normalized spacial score (nSPS) is 12.2. The number of hydrogen-bond donors (Lipinski definition) is 1. The second-order valence-electron chi connectivity index (χ2n) is 3.67. The summed E-state index contributed by atoms with van der Waals surface area (Å²) in [5.74, 6) is 3.30. The van der Waals surface area contributed by atoms with Crippen molar-refractivity contribution in [3.63, 3.8) is 0 Å². The minimum absolute atomic E-state index is 0.409. The van der Waals surface area contributed by atoms with Crippen molar-refractivity contribution in [2.24, 2.45) is 0 Å². The summed E-state index contributed by atoms with van der Waals surface area (Å²) in [5.41, 5.74) is 0. The maximum atomic E-state index is 5.10. The molecule has 90 valence electrons. The highest BCUT2D eigenvalue weighted by atomic mass is 32.2.